The fourth-order valence-electron chi connectivity index (χ4n) is 4.41. The molecule has 1 atom stereocenters. The summed E-state index contributed by atoms with van der Waals surface area (Å²) >= 11 is 6.33. The molecule has 3 aromatic rings. The van der Waals surface area contributed by atoms with Crippen LogP contribution in [0.3, 0.4) is 0 Å². The van der Waals surface area contributed by atoms with Crippen molar-refractivity contribution in [2.45, 2.75) is 38.3 Å². The molecule has 1 saturated heterocycles. The lowest BCUT2D eigenvalue weighted by molar-refractivity contribution is 0.251. The third-order valence-electron chi connectivity index (χ3n) is 6.18. The number of anilines is 1. The van der Waals surface area contributed by atoms with Crippen LogP contribution in [0.15, 0.2) is 36.7 Å². The van der Waals surface area contributed by atoms with Gasteiger partial charge in [-0.25, -0.2) is 9.97 Å². The van der Waals surface area contributed by atoms with Crippen molar-refractivity contribution >= 4 is 17.5 Å². The van der Waals surface area contributed by atoms with Crippen molar-refractivity contribution < 1.29 is 0 Å². The Morgan fingerprint density at radius 3 is 2.59 bits per heavy atom. The van der Waals surface area contributed by atoms with Gasteiger partial charge in [0.25, 0.3) is 0 Å². The molecule has 5 rings (SSSR count). The molecule has 0 N–H and O–H groups in total. The number of hydrogen-bond donors (Lipinski definition) is 0. The Morgan fingerprint density at radius 1 is 1.07 bits per heavy atom. The van der Waals surface area contributed by atoms with Gasteiger partial charge in [-0.2, -0.15) is 0 Å². The van der Waals surface area contributed by atoms with Crippen LogP contribution in [0.2, 0.25) is 5.02 Å². The van der Waals surface area contributed by atoms with Crippen LogP contribution in [0.5, 0.6) is 0 Å². The molecule has 150 valence electrons. The fourth-order valence-corrected chi connectivity index (χ4v) is 4.59. The minimum Gasteiger partial charge on any atom is -0.341 e. The van der Waals surface area contributed by atoms with Gasteiger partial charge >= 0.3 is 0 Å². The van der Waals surface area contributed by atoms with Gasteiger partial charge in [0.15, 0.2) is 5.82 Å². The van der Waals surface area contributed by atoms with E-state index in [1.54, 1.807) is 12.4 Å². The SMILES string of the molecule is CC1c2cc(Cl)ccc2-n2c(nnc2C2CCN(c3ncccn3)CC2)CN1C. The molecule has 1 unspecified atom stereocenters. The molecule has 2 aliphatic heterocycles. The lowest BCUT2D eigenvalue weighted by atomic mass is 9.95. The summed E-state index contributed by atoms with van der Waals surface area (Å²) in [5, 5.41) is 9.98. The van der Waals surface area contributed by atoms with Crippen LogP contribution in [0, 0.1) is 0 Å². The number of benzene rings is 1. The van der Waals surface area contributed by atoms with Crippen molar-refractivity contribution in [3.63, 3.8) is 0 Å². The van der Waals surface area contributed by atoms with Gasteiger partial charge in [-0.05, 0) is 56.6 Å². The summed E-state index contributed by atoms with van der Waals surface area (Å²) in [6.07, 6.45) is 5.61. The predicted octanol–water partition coefficient (Wildman–Crippen LogP) is 3.60. The maximum atomic E-state index is 6.33. The number of fused-ring (bicyclic) bond motifs is 3. The Hall–Kier alpha value is -2.51. The first-order valence-corrected chi connectivity index (χ1v) is 10.5. The highest BCUT2D eigenvalue weighted by atomic mass is 35.5. The molecule has 29 heavy (non-hydrogen) atoms. The van der Waals surface area contributed by atoms with E-state index in [0.717, 1.165) is 60.8 Å². The van der Waals surface area contributed by atoms with Crippen molar-refractivity contribution in [2.75, 3.05) is 25.0 Å². The maximum Gasteiger partial charge on any atom is 0.225 e. The zero-order valence-electron chi connectivity index (χ0n) is 16.7. The van der Waals surface area contributed by atoms with Crippen molar-refractivity contribution in [2.24, 2.45) is 0 Å². The molecule has 2 aliphatic rings. The van der Waals surface area contributed by atoms with E-state index < -0.39 is 0 Å². The Kier molecular flexibility index (Phi) is 4.72. The largest absolute Gasteiger partial charge is 0.341 e. The van der Waals surface area contributed by atoms with Crippen LogP contribution in [0.1, 0.15) is 48.9 Å². The maximum absolute atomic E-state index is 6.33. The monoisotopic (exact) mass is 409 g/mol. The van der Waals surface area contributed by atoms with Crippen LogP contribution < -0.4 is 4.90 Å². The Morgan fingerprint density at radius 2 is 1.83 bits per heavy atom. The second-order valence-corrected chi connectivity index (χ2v) is 8.35. The zero-order valence-corrected chi connectivity index (χ0v) is 17.4. The number of piperidine rings is 1. The summed E-state index contributed by atoms with van der Waals surface area (Å²) < 4.78 is 2.27. The molecule has 8 heteroatoms. The van der Waals surface area contributed by atoms with Crippen LogP contribution in [-0.2, 0) is 6.54 Å². The molecule has 1 aromatic carbocycles. The highest BCUT2D eigenvalue weighted by molar-refractivity contribution is 6.30. The number of halogens is 1. The third-order valence-corrected chi connectivity index (χ3v) is 6.42. The predicted molar refractivity (Wildman–Crippen MR) is 112 cm³/mol. The molecular weight excluding hydrogens is 386 g/mol. The van der Waals surface area contributed by atoms with E-state index in [2.05, 4.69) is 60.6 Å². The summed E-state index contributed by atoms with van der Waals surface area (Å²) in [5.74, 6) is 3.21. The molecular formula is C21H24ClN7. The summed E-state index contributed by atoms with van der Waals surface area (Å²) in [4.78, 5) is 13.3. The van der Waals surface area contributed by atoms with Gasteiger partial charge in [-0.15, -0.1) is 10.2 Å². The zero-order chi connectivity index (χ0) is 20.0. The topological polar surface area (TPSA) is 63.0 Å². The first-order chi connectivity index (χ1) is 14.1. The van der Waals surface area contributed by atoms with Crippen molar-refractivity contribution in [3.05, 3.63) is 58.9 Å². The average molecular weight is 410 g/mol. The van der Waals surface area contributed by atoms with Gasteiger partial charge in [0.2, 0.25) is 5.95 Å². The highest BCUT2D eigenvalue weighted by Gasteiger charge is 2.31. The molecule has 7 nitrogen and oxygen atoms in total. The van der Waals surface area contributed by atoms with Crippen molar-refractivity contribution in [1.82, 2.24) is 29.6 Å². The van der Waals surface area contributed by atoms with E-state index in [1.165, 1.54) is 5.56 Å². The van der Waals surface area contributed by atoms with Gasteiger partial charge in [-0.1, -0.05) is 11.6 Å². The standard InChI is InChI=1S/C21H24ClN7/c1-14-17-12-16(22)4-5-18(17)29-19(13-27(14)2)25-26-20(29)15-6-10-28(11-7-15)21-23-8-3-9-24-21/h3-5,8-9,12,14-15H,6-7,10-11,13H2,1-2H3. The van der Waals surface area contributed by atoms with Gasteiger partial charge in [0, 0.05) is 42.5 Å². The quantitative estimate of drug-likeness (QED) is 0.644. The first kappa shape index (κ1) is 18.5. The van der Waals surface area contributed by atoms with Crippen LogP contribution >= 0.6 is 11.6 Å². The van der Waals surface area contributed by atoms with E-state index in [0.29, 0.717) is 5.92 Å². The summed E-state index contributed by atoms with van der Waals surface area (Å²) in [6.45, 7) is 4.81. The van der Waals surface area contributed by atoms with E-state index in [1.807, 2.05) is 12.1 Å². The van der Waals surface area contributed by atoms with E-state index in [4.69, 9.17) is 11.6 Å². The lowest BCUT2D eigenvalue weighted by Gasteiger charge is -2.31. The van der Waals surface area contributed by atoms with Gasteiger partial charge < -0.3 is 4.90 Å². The number of nitrogens with zero attached hydrogens (tertiary/aromatic N) is 7. The molecule has 0 saturated carbocycles. The molecule has 0 bridgehead atoms. The van der Waals surface area contributed by atoms with E-state index >= 15 is 0 Å². The molecule has 2 aromatic heterocycles. The lowest BCUT2D eigenvalue weighted by Crippen LogP contribution is -2.34. The Balaban J connectivity index is 1.48. The van der Waals surface area contributed by atoms with Crippen molar-refractivity contribution in [1.29, 1.82) is 0 Å². The Labute approximate surface area is 175 Å². The molecule has 0 amide bonds. The number of rotatable bonds is 2. The summed E-state index contributed by atoms with van der Waals surface area (Å²) in [7, 11) is 2.12. The molecule has 0 radical (unpaired) electrons. The highest BCUT2D eigenvalue weighted by Crippen LogP contribution is 2.37. The van der Waals surface area contributed by atoms with Gasteiger partial charge in [0.05, 0.1) is 12.2 Å². The fraction of sp³-hybridized carbons (Fsp3) is 0.429. The second kappa shape index (κ2) is 7.39. The summed E-state index contributed by atoms with van der Waals surface area (Å²) in [5.41, 5.74) is 2.37. The molecule has 0 aliphatic carbocycles. The normalized spacial score (nSPS) is 20.2. The molecule has 4 heterocycles. The van der Waals surface area contributed by atoms with Crippen LogP contribution in [-0.4, -0.2) is 49.8 Å². The summed E-state index contributed by atoms with van der Waals surface area (Å²) in [6, 6.07) is 8.25. The second-order valence-electron chi connectivity index (χ2n) is 7.91. The Bertz CT molecular complexity index is 1010. The smallest absolute Gasteiger partial charge is 0.225 e. The van der Waals surface area contributed by atoms with E-state index in [9.17, 15) is 0 Å². The number of aromatic nitrogens is 5. The van der Waals surface area contributed by atoms with Gasteiger partial charge in [0.1, 0.15) is 5.82 Å². The minimum atomic E-state index is 0.260. The molecule has 0 spiro atoms. The average Bonchev–Trinajstić information content (AvgIpc) is 3.13. The van der Waals surface area contributed by atoms with Crippen molar-refractivity contribution in [3.8, 4) is 5.69 Å². The number of hydrogen-bond acceptors (Lipinski definition) is 6. The molecule has 1 fully saturated rings. The third kappa shape index (κ3) is 3.28. The van der Waals surface area contributed by atoms with Crippen LogP contribution in [0.25, 0.3) is 5.69 Å². The first-order valence-electron chi connectivity index (χ1n) is 10.1. The van der Waals surface area contributed by atoms with Crippen LogP contribution in [0.4, 0.5) is 5.95 Å². The minimum absolute atomic E-state index is 0.260. The van der Waals surface area contributed by atoms with Gasteiger partial charge in [-0.3, -0.25) is 9.47 Å². The van der Waals surface area contributed by atoms with E-state index in [-0.39, 0.29) is 6.04 Å².